The van der Waals surface area contributed by atoms with Crippen LogP contribution in [0.1, 0.15) is 31.7 Å². The maximum Gasteiger partial charge on any atom is 0.126 e. The molecule has 16 heavy (non-hydrogen) atoms. The van der Waals surface area contributed by atoms with Gasteiger partial charge in [-0.3, -0.25) is 0 Å². The van der Waals surface area contributed by atoms with Gasteiger partial charge in [-0.25, -0.2) is 4.98 Å². The monoisotopic (exact) mass is 219 g/mol. The van der Waals surface area contributed by atoms with Gasteiger partial charge in [0.05, 0.1) is 0 Å². The van der Waals surface area contributed by atoms with Crippen LogP contribution in [0.25, 0.3) is 0 Å². The standard InChI is InChI=1S/C13H21N3/c1-2-11-6-8-15-13(9-11)16-10-12-5-3-4-7-14-12/h6,8-9,12,14H,2-5,7,10H2,1H3,(H,15,16). The number of nitrogens with zero attached hydrogens (tertiary/aromatic N) is 1. The van der Waals surface area contributed by atoms with Crippen LogP contribution in [0.15, 0.2) is 18.3 Å². The molecule has 3 heteroatoms. The molecule has 1 fully saturated rings. The van der Waals surface area contributed by atoms with Gasteiger partial charge in [-0.2, -0.15) is 0 Å². The van der Waals surface area contributed by atoms with Gasteiger partial charge in [-0.05, 0) is 43.5 Å². The van der Waals surface area contributed by atoms with E-state index in [9.17, 15) is 0 Å². The number of rotatable bonds is 4. The average Bonchev–Trinajstić information content (AvgIpc) is 2.38. The molecule has 2 N–H and O–H groups in total. The Balaban J connectivity index is 1.83. The number of aryl methyl sites for hydroxylation is 1. The van der Waals surface area contributed by atoms with Crippen molar-refractivity contribution in [3.63, 3.8) is 0 Å². The third-order valence-corrected chi connectivity index (χ3v) is 3.17. The molecule has 2 rings (SSSR count). The zero-order valence-corrected chi connectivity index (χ0v) is 10.00. The third kappa shape index (κ3) is 3.20. The van der Waals surface area contributed by atoms with E-state index in [4.69, 9.17) is 0 Å². The number of pyridine rings is 1. The van der Waals surface area contributed by atoms with Crippen molar-refractivity contribution in [2.45, 2.75) is 38.6 Å². The summed E-state index contributed by atoms with van der Waals surface area (Å²) in [6, 6.07) is 4.83. The highest BCUT2D eigenvalue weighted by Crippen LogP contribution is 2.10. The van der Waals surface area contributed by atoms with Crippen LogP contribution in [0, 0.1) is 0 Å². The first-order valence-corrected chi connectivity index (χ1v) is 6.30. The minimum Gasteiger partial charge on any atom is -0.369 e. The van der Waals surface area contributed by atoms with E-state index in [-0.39, 0.29) is 0 Å². The fourth-order valence-electron chi connectivity index (χ4n) is 2.12. The molecule has 1 saturated heterocycles. The van der Waals surface area contributed by atoms with Crippen LogP contribution < -0.4 is 10.6 Å². The first-order valence-electron chi connectivity index (χ1n) is 6.30. The van der Waals surface area contributed by atoms with Crippen molar-refractivity contribution >= 4 is 5.82 Å². The van der Waals surface area contributed by atoms with Crippen molar-refractivity contribution in [3.05, 3.63) is 23.9 Å². The molecule has 0 aromatic carbocycles. The first-order chi connectivity index (χ1) is 7.88. The Bertz CT molecular complexity index is 319. The molecule has 1 aliphatic heterocycles. The lowest BCUT2D eigenvalue weighted by Crippen LogP contribution is -2.39. The number of hydrogen-bond acceptors (Lipinski definition) is 3. The molecule has 0 bridgehead atoms. The molecule has 1 aliphatic rings. The summed E-state index contributed by atoms with van der Waals surface area (Å²) in [6.45, 7) is 4.32. The van der Waals surface area contributed by atoms with E-state index in [0.717, 1.165) is 25.3 Å². The van der Waals surface area contributed by atoms with Gasteiger partial charge in [-0.15, -0.1) is 0 Å². The Kier molecular flexibility index (Phi) is 4.17. The summed E-state index contributed by atoms with van der Waals surface area (Å²) >= 11 is 0. The van der Waals surface area contributed by atoms with Gasteiger partial charge < -0.3 is 10.6 Å². The van der Waals surface area contributed by atoms with Crippen LogP contribution in [0.2, 0.25) is 0 Å². The molecule has 1 aromatic heterocycles. The second kappa shape index (κ2) is 5.85. The number of nitrogens with one attached hydrogen (secondary N) is 2. The Morgan fingerprint density at radius 2 is 2.44 bits per heavy atom. The van der Waals surface area contributed by atoms with Gasteiger partial charge in [0.15, 0.2) is 0 Å². The minimum absolute atomic E-state index is 0.612. The van der Waals surface area contributed by atoms with Crippen LogP contribution in [0.5, 0.6) is 0 Å². The molecule has 0 aliphatic carbocycles. The summed E-state index contributed by atoms with van der Waals surface area (Å²) in [4.78, 5) is 4.33. The van der Waals surface area contributed by atoms with E-state index >= 15 is 0 Å². The van der Waals surface area contributed by atoms with Crippen LogP contribution >= 0.6 is 0 Å². The zero-order chi connectivity index (χ0) is 11.2. The molecule has 88 valence electrons. The smallest absolute Gasteiger partial charge is 0.126 e. The Morgan fingerprint density at radius 3 is 3.19 bits per heavy atom. The normalized spacial score (nSPS) is 20.7. The maximum atomic E-state index is 4.33. The summed E-state index contributed by atoms with van der Waals surface area (Å²) in [7, 11) is 0. The minimum atomic E-state index is 0.612. The number of aromatic nitrogens is 1. The highest BCUT2D eigenvalue weighted by molar-refractivity contribution is 5.37. The number of piperidine rings is 1. The Labute approximate surface area is 97.7 Å². The number of hydrogen-bond donors (Lipinski definition) is 2. The predicted molar refractivity (Wildman–Crippen MR) is 67.7 cm³/mol. The molecule has 0 radical (unpaired) electrons. The zero-order valence-electron chi connectivity index (χ0n) is 10.00. The van der Waals surface area contributed by atoms with Gasteiger partial charge in [0, 0.05) is 18.8 Å². The summed E-state index contributed by atoms with van der Waals surface area (Å²) in [5.74, 6) is 1.01. The lowest BCUT2D eigenvalue weighted by Gasteiger charge is -2.23. The van der Waals surface area contributed by atoms with Crippen LogP contribution in [0.3, 0.4) is 0 Å². The van der Waals surface area contributed by atoms with E-state index in [2.05, 4.69) is 34.7 Å². The topological polar surface area (TPSA) is 37.0 Å². The summed E-state index contributed by atoms with van der Waals surface area (Å²) in [5, 5.41) is 6.94. The molecule has 3 nitrogen and oxygen atoms in total. The molecule has 0 spiro atoms. The molecule has 1 unspecified atom stereocenters. The van der Waals surface area contributed by atoms with Gasteiger partial charge in [-0.1, -0.05) is 13.3 Å². The van der Waals surface area contributed by atoms with Crippen molar-refractivity contribution in [3.8, 4) is 0 Å². The van der Waals surface area contributed by atoms with E-state index in [1.165, 1.54) is 24.8 Å². The van der Waals surface area contributed by atoms with E-state index < -0.39 is 0 Å². The van der Waals surface area contributed by atoms with Crippen molar-refractivity contribution < 1.29 is 0 Å². The van der Waals surface area contributed by atoms with Crippen LogP contribution in [0.4, 0.5) is 5.82 Å². The average molecular weight is 219 g/mol. The number of anilines is 1. The second-order valence-corrected chi connectivity index (χ2v) is 4.43. The molecule has 1 aromatic rings. The van der Waals surface area contributed by atoms with Gasteiger partial charge >= 0.3 is 0 Å². The van der Waals surface area contributed by atoms with Crippen molar-refractivity contribution in [1.29, 1.82) is 0 Å². The molecular weight excluding hydrogens is 198 g/mol. The highest BCUT2D eigenvalue weighted by atomic mass is 15.0. The molecular formula is C13H21N3. The van der Waals surface area contributed by atoms with E-state index in [1.807, 2.05) is 6.20 Å². The molecule has 1 atom stereocenters. The summed E-state index contributed by atoms with van der Waals surface area (Å²) < 4.78 is 0. The Hall–Kier alpha value is -1.09. The fourth-order valence-corrected chi connectivity index (χ4v) is 2.12. The maximum absolute atomic E-state index is 4.33. The van der Waals surface area contributed by atoms with Crippen LogP contribution in [-0.4, -0.2) is 24.1 Å². The molecule has 0 amide bonds. The SMILES string of the molecule is CCc1ccnc(NCC2CCCCN2)c1. The van der Waals surface area contributed by atoms with Crippen molar-refractivity contribution in [1.82, 2.24) is 10.3 Å². The Morgan fingerprint density at radius 1 is 1.50 bits per heavy atom. The van der Waals surface area contributed by atoms with E-state index in [0.29, 0.717) is 6.04 Å². The lowest BCUT2D eigenvalue weighted by molar-refractivity contribution is 0.414. The van der Waals surface area contributed by atoms with Gasteiger partial charge in [0.2, 0.25) is 0 Å². The summed E-state index contributed by atoms with van der Waals surface area (Å²) in [5.41, 5.74) is 1.34. The molecule has 2 heterocycles. The highest BCUT2D eigenvalue weighted by Gasteiger charge is 2.11. The first kappa shape index (κ1) is 11.4. The third-order valence-electron chi connectivity index (χ3n) is 3.17. The van der Waals surface area contributed by atoms with Gasteiger partial charge in [0.25, 0.3) is 0 Å². The van der Waals surface area contributed by atoms with Crippen molar-refractivity contribution in [2.75, 3.05) is 18.4 Å². The fraction of sp³-hybridized carbons (Fsp3) is 0.615. The van der Waals surface area contributed by atoms with E-state index in [1.54, 1.807) is 0 Å². The lowest BCUT2D eigenvalue weighted by atomic mass is 10.1. The molecule has 0 saturated carbocycles. The summed E-state index contributed by atoms with van der Waals surface area (Å²) in [6.07, 6.45) is 6.90. The van der Waals surface area contributed by atoms with Gasteiger partial charge in [0.1, 0.15) is 5.82 Å². The van der Waals surface area contributed by atoms with Crippen LogP contribution in [-0.2, 0) is 6.42 Å². The largest absolute Gasteiger partial charge is 0.369 e. The predicted octanol–water partition coefficient (Wildman–Crippen LogP) is 2.20. The van der Waals surface area contributed by atoms with Crippen molar-refractivity contribution in [2.24, 2.45) is 0 Å². The quantitative estimate of drug-likeness (QED) is 0.815. The second-order valence-electron chi connectivity index (χ2n) is 4.43.